The molecule has 3 rings (SSSR count). The van der Waals surface area contributed by atoms with Gasteiger partial charge in [-0.05, 0) is 31.5 Å². The average molecular weight is 304 g/mol. The van der Waals surface area contributed by atoms with Crippen LogP contribution < -0.4 is 4.74 Å². The van der Waals surface area contributed by atoms with E-state index in [0.29, 0.717) is 13.2 Å². The van der Waals surface area contributed by atoms with E-state index in [0.717, 1.165) is 49.7 Å². The Morgan fingerprint density at radius 3 is 2.77 bits per heavy atom. The van der Waals surface area contributed by atoms with Gasteiger partial charge in [-0.1, -0.05) is 6.07 Å². The van der Waals surface area contributed by atoms with Gasteiger partial charge in [0, 0.05) is 37.8 Å². The molecule has 1 aromatic rings. The Labute approximate surface area is 131 Å². The van der Waals surface area contributed by atoms with E-state index < -0.39 is 0 Å². The van der Waals surface area contributed by atoms with Crippen molar-refractivity contribution >= 4 is 5.91 Å². The minimum absolute atomic E-state index is 0.114. The molecule has 0 saturated carbocycles. The minimum atomic E-state index is 0.114. The molecule has 0 unspecified atom stereocenters. The molecule has 22 heavy (non-hydrogen) atoms. The summed E-state index contributed by atoms with van der Waals surface area (Å²) in [5.41, 5.74) is 1.89. The van der Waals surface area contributed by atoms with E-state index in [1.54, 1.807) is 0 Å². The molecule has 0 radical (unpaired) electrons. The summed E-state index contributed by atoms with van der Waals surface area (Å²) in [7, 11) is 0. The first kappa shape index (κ1) is 15.3. The van der Waals surface area contributed by atoms with Gasteiger partial charge < -0.3 is 14.4 Å². The third-order valence-corrected chi connectivity index (χ3v) is 4.32. The van der Waals surface area contributed by atoms with Crippen molar-refractivity contribution in [2.24, 2.45) is 0 Å². The highest BCUT2D eigenvalue weighted by molar-refractivity contribution is 5.98. The molecular formula is C17H24N2O3. The van der Waals surface area contributed by atoms with Gasteiger partial charge in [-0.2, -0.15) is 0 Å². The van der Waals surface area contributed by atoms with E-state index in [1.807, 2.05) is 36.9 Å². The molecule has 2 heterocycles. The van der Waals surface area contributed by atoms with Crippen LogP contribution in [0.1, 0.15) is 29.8 Å². The summed E-state index contributed by atoms with van der Waals surface area (Å²) < 4.78 is 11.2. The van der Waals surface area contributed by atoms with Gasteiger partial charge in [0.25, 0.3) is 5.91 Å². The lowest BCUT2D eigenvalue weighted by Crippen LogP contribution is -2.38. The minimum Gasteiger partial charge on any atom is -0.492 e. The lowest BCUT2D eigenvalue weighted by Gasteiger charge is -2.26. The second kappa shape index (κ2) is 6.67. The van der Waals surface area contributed by atoms with Gasteiger partial charge in [0.1, 0.15) is 12.4 Å². The van der Waals surface area contributed by atoms with Gasteiger partial charge in [-0.15, -0.1) is 0 Å². The first-order chi connectivity index (χ1) is 10.6. The van der Waals surface area contributed by atoms with E-state index in [-0.39, 0.29) is 11.9 Å². The Bertz CT molecular complexity index is 539. The number of rotatable bonds is 5. The standard InChI is InChI=1S/C17H24N2O3/c1-13(2)19-12-14-3-4-15(11-16(14)17(19)20)22-10-7-18-5-8-21-9-6-18/h3-4,11,13H,5-10,12H2,1-2H3. The maximum atomic E-state index is 12.4. The van der Waals surface area contributed by atoms with Crippen molar-refractivity contribution in [3.63, 3.8) is 0 Å². The van der Waals surface area contributed by atoms with Crippen LogP contribution in [0.2, 0.25) is 0 Å². The highest BCUT2D eigenvalue weighted by atomic mass is 16.5. The average Bonchev–Trinajstić information content (AvgIpc) is 2.86. The maximum Gasteiger partial charge on any atom is 0.254 e. The molecule has 0 spiro atoms. The molecule has 1 aromatic carbocycles. The highest BCUT2D eigenvalue weighted by Crippen LogP contribution is 2.28. The lowest BCUT2D eigenvalue weighted by molar-refractivity contribution is 0.0322. The number of amides is 1. The summed E-state index contributed by atoms with van der Waals surface area (Å²) in [4.78, 5) is 16.6. The second-order valence-corrected chi connectivity index (χ2v) is 6.15. The molecule has 2 aliphatic rings. The lowest BCUT2D eigenvalue weighted by atomic mass is 10.1. The topological polar surface area (TPSA) is 42.0 Å². The van der Waals surface area contributed by atoms with Crippen LogP contribution in [-0.2, 0) is 11.3 Å². The molecule has 120 valence electrons. The predicted molar refractivity (Wildman–Crippen MR) is 84.2 cm³/mol. The van der Waals surface area contributed by atoms with E-state index in [1.165, 1.54) is 0 Å². The fourth-order valence-corrected chi connectivity index (χ4v) is 2.93. The Kier molecular flexibility index (Phi) is 4.64. The van der Waals surface area contributed by atoms with Crippen molar-refractivity contribution in [2.75, 3.05) is 39.5 Å². The summed E-state index contributed by atoms with van der Waals surface area (Å²) in [6.45, 7) is 9.88. The van der Waals surface area contributed by atoms with Gasteiger partial charge in [0.15, 0.2) is 0 Å². The molecule has 1 fully saturated rings. The monoisotopic (exact) mass is 304 g/mol. The highest BCUT2D eigenvalue weighted by Gasteiger charge is 2.29. The zero-order chi connectivity index (χ0) is 15.5. The number of carbonyl (C=O) groups is 1. The molecule has 0 atom stereocenters. The summed E-state index contributed by atoms with van der Waals surface area (Å²) >= 11 is 0. The molecule has 1 saturated heterocycles. The van der Waals surface area contributed by atoms with Crippen LogP contribution >= 0.6 is 0 Å². The zero-order valence-corrected chi connectivity index (χ0v) is 13.4. The van der Waals surface area contributed by atoms with Gasteiger partial charge in [-0.25, -0.2) is 0 Å². The number of carbonyl (C=O) groups excluding carboxylic acids is 1. The number of fused-ring (bicyclic) bond motifs is 1. The molecule has 0 aromatic heterocycles. The summed E-state index contributed by atoms with van der Waals surface area (Å²) in [5.74, 6) is 0.898. The van der Waals surface area contributed by atoms with Crippen LogP contribution in [-0.4, -0.2) is 61.2 Å². The van der Waals surface area contributed by atoms with Crippen molar-refractivity contribution in [1.29, 1.82) is 0 Å². The van der Waals surface area contributed by atoms with E-state index in [2.05, 4.69) is 4.90 Å². The Morgan fingerprint density at radius 1 is 1.27 bits per heavy atom. The zero-order valence-electron chi connectivity index (χ0n) is 13.4. The van der Waals surface area contributed by atoms with Crippen LogP contribution in [0.25, 0.3) is 0 Å². The molecular weight excluding hydrogens is 280 g/mol. The van der Waals surface area contributed by atoms with Crippen molar-refractivity contribution in [2.45, 2.75) is 26.4 Å². The van der Waals surface area contributed by atoms with Crippen LogP contribution in [0.15, 0.2) is 18.2 Å². The normalized spacial score (nSPS) is 18.9. The number of benzene rings is 1. The SMILES string of the molecule is CC(C)N1Cc2ccc(OCCN3CCOCC3)cc2C1=O. The number of nitrogens with zero attached hydrogens (tertiary/aromatic N) is 2. The number of ether oxygens (including phenoxy) is 2. The maximum absolute atomic E-state index is 12.4. The molecule has 0 bridgehead atoms. The van der Waals surface area contributed by atoms with Crippen molar-refractivity contribution in [1.82, 2.24) is 9.80 Å². The molecule has 2 aliphatic heterocycles. The Morgan fingerprint density at radius 2 is 2.05 bits per heavy atom. The predicted octanol–water partition coefficient (Wildman–Crippen LogP) is 1.76. The fraction of sp³-hybridized carbons (Fsp3) is 0.588. The largest absolute Gasteiger partial charge is 0.492 e. The molecule has 5 nitrogen and oxygen atoms in total. The van der Waals surface area contributed by atoms with E-state index >= 15 is 0 Å². The summed E-state index contributed by atoms with van der Waals surface area (Å²) in [6, 6.07) is 6.10. The van der Waals surface area contributed by atoms with Gasteiger partial charge >= 0.3 is 0 Å². The first-order valence-corrected chi connectivity index (χ1v) is 8.02. The van der Waals surface area contributed by atoms with Gasteiger partial charge in [-0.3, -0.25) is 9.69 Å². The van der Waals surface area contributed by atoms with Crippen molar-refractivity contribution in [3.05, 3.63) is 29.3 Å². The van der Waals surface area contributed by atoms with Gasteiger partial charge in [0.05, 0.1) is 13.2 Å². The van der Waals surface area contributed by atoms with Crippen LogP contribution in [0.3, 0.4) is 0 Å². The Hall–Kier alpha value is -1.59. The van der Waals surface area contributed by atoms with Gasteiger partial charge in [0.2, 0.25) is 0 Å². The molecule has 5 heteroatoms. The van der Waals surface area contributed by atoms with Crippen LogP contribution in [0, 0.1) is 0 Å². The van der Waals surface area contributed by atoms with E-state index in [9.17, 15) is 4.79 Å². The quantitative estimate of drug-likeness (QED) is 0.831. The third-order valence-electron chi connectivity index (χ3n) is 4.32. The molecule has 0 N–H and O–H groups in total. The number of morpholine rings is 1. The fourth-order valence-electron chi connectivity index (χ4n) is 2.93. The first-order valence-electron chi connectivity index (χ1n) is 8.02. The molecule has 0 aliphatic carbocycles. The van der Waals surface area contributed by atoms with E-state index in [4.69, 9.17) is 9.47 Å². The van der Waals surface area contributed by atoms with Crippen molar-refractivity contribution < 1.29 is 14.3 Å². The Balaban J connectivity index is 1.57. The third kappa shape index (κ3) is 3.25. The number of hydrogen-bond donors (Lipinski definition) is 0. The number of hydrogen-bond acceptors (Lipinski definition) is 4. The summed E-state index contributed by atoms with van der Waals surface area (Å²) in [6.07, 6.45) is 0. The van der Waals surface area contributed by atoms with Crippen LogP contribution in [0.5, 0.6) is 5.75 Å². The molecule has 1 amide bonds. The summed E-state index contributed by atoms with van der Waals surface area (Å²) in [5, 5.41) is 0. The van der Waals surface area contributed by atoms with Crippen LogP contribution in [0.4, 0.5) is 0 Å². The smallest absolute Gasteiger partial charge is 0.254 e. The van der Waals surface area contributed by atoms with Crippen molar-refractivity contribution in [3.8, 4) is 5.75 Å². The second-order valence-electron chi connectivity index (χ2n) is 6.15.